The van der Waals surface area contributed by atoms with Gasteiger partial charge in [0.2, 0.25) is 0 Å². The van der Waals surface area contributed by atoms with Crippen molar-refractivity contribution in [1.82, 2.24) is 5.32 Å². The first-order valence-corrected chi connectivity index (χ1v) is 11.9. The molecular weight excluding hydrogens is 394 g/mol. The molecule has 0 amide bonds. The lowest BCUT2D eigenvalue weighted by atomic mass is 10.1. The number of ether oxygens (including phenoxy) is 2. The normalized spacial score (nSPS) is 21.8. The smallest absolute Gasteiger partial charge is 0.319 e. The lowest BCUT2D eigenvalue weighted by molar-refractivity contribution is -0.142. The average Bonchev–Trinajstić information content (AvgIpc) is 2.90. The molecule has 0 aliphatic carbocycles. The van der Waals surface area contributed by atoms with Crippen LogP contribution in [0.4, 0.5) is 0 Å². The molecule has 0 radical (unpaired) electrons. The van der Waals surface area contributed by atoms with Crippen LogP contribution in [0.5, 0.6) is 5.75 Å². The van der Waals surface area contributed by atoms with Crippen LogP contribution in [0.1, 0.15) is 18.1 Å². The summed E-state index contributed by atoms with van der Waals surface area (Å²) in [7, 11) is -6.00. The molecule has 1 fully saturated rings. The maximum absolute atomic E-state index is 13.2. The van der Waals surface area contributed by atoms with Gasteiger partial charge in [-0.15, -0.1) is 0 Å². The van der Waals surface area contributed by atoms with Gasteiger partial charge in [0.15, 0.2) is 19.7 Å². The second-order valence-corrected chi connectivity index (χ2v) is 10.8. The zero-order valence-electron chi connectivity index (χ0n) is 15.8. The molecule has 2 rings (SSSR count). The number of nitrogens with one attached hydrogen (secondary N) is 1. The lowest BCUT2D eigenvalue weighted by Gasteiger charge is -2.21. The van der Waals surface area contributed by atoms with E-state index < -0.39 is 42.7 Å². The lowest BCUT2D eigenvalue weighted by Crippen LogP contribution is -2.45. The van der Waals surface area contributed by atoms with Crippen molar-refractivity contribution in [3.8, 4) is 5.75 Å². The summed E-state index contributed by atoms with van der Waals surface area (Å²) < 4.78 is 60.7. The number of hydrogen-bond donors (Lipinski definition) is 1. The Labute approximate surface area is 160 Å². The number of carbonyl (C=O) groups is 1. The van der Waals surface area contributed by atoms with Crippen LogP contribution in [0.2, 0.25) is 0 Å². The van der Waals surface area contributed by atoms with Crippen molar-refractivity contribution in [2.45, 2.75) is 37.0 Å². The topological polar surface area (TPSA) is 116 Å². The van der Waals surface area contributed by atoms with Crippen LogP contribution >= 0.6 is 0 Å². The molecule has 152 valence electrons. The zero-order valence-corrected chi connectivity index (χ0v) is 17.4. The van der Waals surface area contributed by atoms with Gasteiger partial charge in [-0.1, -0.05) is 0 Å². The van der Waals surface area contributed by atoms with Crippen molar-refractivity contribution in [3.05, 3.63) is 23.3 Å². The molecule has 1 aliphatic rings. The highest BCUT2D eigenvalue weighted by Gasteiger charge is 2.46. The summed E-state index contributed by atoms with van der Waals surface area (Å²) in [5, 5.41) is 1.57. The van der Waals surface area contributed by atoms with E-state index in [1.807, 2.05) is 0 Å². The summed E-state index contributed by atoms with van der Waals surface area (Å²) >= 11 is 0. The van der Waals surface area contributed by atoms with E-state index in [-0.39, 0.29) is 23.8 Å². The first kappa shape index (κ1) is 21.6. The number of aryl methyl sites for hydroxylation is 2. The van der Waals surface area contributed by atoms with Gasteiger partial charge in [-0.25, -0.2) is 16.8 Å². The fraction of sp³-hybridized carbons (Fsp3) is 0.588. The monoisotopic (exact) mass is 419 g/mol. The van der Waals surface area contributed by atoms with Crippen LogP contribution in [0.25, 0.3) is 0 Å². The van der Waals surface area contributed by atoms with Gasteiger partial charge in [-0.3, -0.25) is 4.79 Å². The van der Waals surface area contributed by atoms with E-state index in [0.29, 0.717) is 16.9 Å². The van der Waals surface area contributed by atoms with E-state index in [1.54, 1.807) is 26.8 Å². The van der Waals surface area contributed by atoms with Gasteiger partial charge in [0.1, 0.15) is 5.75 Å². The first-order chi connectivity index (χ1) is 12.5. The molecule has 1 aromatic carbocycles. The Hall–Kier alpha value is -1.65. The average molecular weight is 420 g/mol. The van der Waals surface area contributed by atoms with Crippen molar-refractivity contribution in [3.63, 3.8) is 0 Å². The summed E-state index contributed by atoms with van der Waals surface area (Å²) in [4.78, 5) is 11.6. The third-order valence-corrected chi connectivity index (χ3v) is 8.80. The molecule has 1 heterocycles. The third-order valence-electron chi connectivity index (χ3n) is 4.51. The van der Waals surface area contributed by atoms with Crippen molar-refractivity contribution in [1.29, 1.82) is 0 Å². The number of hydrogen-bond acceptors (Lipinski definition) is 8. The summed E-state index contributed by atoms with van der Waals surface area (Å²) in [5.74, 6) is -0.831. The predicted molar refractivity (Wildman–Crippen MR) is 101 cm³/mol. The zero-order chi connectivity index (χ0) is 20.4. The standard InChI is InChI=1S/C17H25NO7S2/c1-5-25-17(19)8-18-13-9-26(20,21)10-16(13)27(22,23)15-7-11(2)14(24-4)6-12(15)3/h6-7,13,16,18H,5,8-10H2,1-4H3/t13-,16-/m0/s1. The van der Waals surface area contributed by atoms with Gasteiger partial charge in [-0.2, -0.15) is 0 Å². The van der Waals surface area contributed by atoms with Gasteiger partial charge >= 0.3 is 5.97 Å². The highest BCUT2D eigenvalue weighted by atomic mass is 32.2. The largest absolute Gasteiger partial charge is 0.496 e. The Morgan fingerprint density at radius 3 is 2.48 bits per heavy atom. The summed E-state index contributed by atoms with van der Waals surface area (Å²) in [6.45, 7) is 4.95. The molecule has 0 aromatic heterocycles. The number of methoxy groups -OCH3 is 1. The van der Waals surface area contributed by atoms with E-state index >= 15 is 0 Å². The van der Waals surface area contributed by atoms with Crippen LogP contribution in [-0.4, -0.2) is 65.9 Å². The van der Waals surface area contributed by atoms with Crippen LogP contribution < -0.4 is 10.1 Å². The summed E-state index contributed by atoms with van der Waals surface area (Å²) in [5.41, 5.74) is 1.12. The maximum Gasteiger partial charge on any atom is 0.319 e. The second kappa shape index (κ2) is 8.15. The van der Waals surface area contributed by atoms with Crippen molar-refractivity contribution >= 4 is 25.6 Å². The number of sulfone groups is 2. The highest BCUT2D eigenvalue weighted by Crippen LogP contribution is 2.31. The molecule has 1 aromatic rings. The van der Waals surface area contributed by atoms with Gasteiger partial charge in [-0.05, 0) is 44.0 Å². The van der Waals surface area contributed by atoms with E-state index in [4.69, 9.17) is 9.47 Å². The molecule has 1 aliphatic heterocycles. The number of esters is 1. The molecule has 2 atom stereocenters. The number of benzene rings is 1. The molecule has 0 saturated carbocycles. The van der Waals surface area contributed by atoms with Crippen LogP contribution in [0.15, 0.2) is 17.0 Å². The predicted octanol–water partition coefficient (Wildman–Crippen LogP) is 0.404. The van der Waals surface area contributed by atoms with E-state index in [9.17, 15) is 21.6 Å². The molecule has 0 bridgehead atoms. The molecule has 27 heavy (non-hydrogen) atoms. The fourth-order valence-electron chi connectivity index (χ4n) is 3.19. The molecule has 1 saturated heterocycles. The number of rotatable bonds is 7. The molecule has 0 unspecified atom stereocenters. The van der Waals surface area contributed by atoms with Gasteiger partial charge in [0.05, 0.1) is 41.9 Å². The van der Waals surface area contributed by atoms with Crippen molar-refractivity contribution in [2.75, 3.05) is 31.8 Å². The first-order valence-electron chi connectivity index (χ1n) is 8.50. The molecule has 0 spiro atoms. The quantitative estimate of drug-likeness (QED) is 0.632. The minimum Gasteiger partial charge on any atom is -0.496 e. The molecule has 10 heteroatoms. The maximum atomic E-state index is 13.2. The second-order valence-electron chi connectivity index (χ2n) is 6.54. The van der Waals surface area contributed by atoms with Crippen molar-refractivity contribution < 1.29 is 31.1 Å². The van der Waals surface area contributed by atoms with Crippen LogP contribution in [-0.2, 0) is 29.2 Å². The molecular formula is C17H25NO7S2. The Morgan fingerprint density at radius 2 is 1.89 bits per heavy atom. The highest BCUT2D eigenvalue weighted by molar-refractivity contribution is 7.96. The molecule has 8 nitrogen and oxygen atoms in total. The minimum atomic E-state index is -3.95. The summed E-state index contributed by atoms with van der Waals surface area (Å²) in [6, 6.07) is 2.23. The van der Waals surface area contributed by atoms with Crippen LogP contribution in [0, 0.1) is 13.8 Å². The minimum absolute atomic E-state index is 0.0748. The van der Waals surface area contributed by atoms with E-state index in [1.165, 1.54) is 13.2 Å². The Kier molecular flexibility index (Phi) is 6.54. The SMILES string of the molecule is CCOC(=O)CN[C@H]1CS(=O)(=O)C[C@@H]1S(=O)(=O)c1cc(C)c(OC)cc1C. The molecule has 1 N–H and O–H groups in total. The van der Waals surface area contributed by atoms with Gasteiger partial charge < -0.3 is 14.8 Å². The van der Waals surface area contributed by atoms with Gasteiger partial charge in [0.25, 0.3) is 0 Å². The van der Waals surface area contributed by atoms with E-state index in [2.05, 4.69) is 5.32 Å². The fourth-order valence-corrected chi connectivity index (χ4v) is 8.22. The Balaban J connectivity index is 2.37. The van der Waals surface area contributed by atoms with Crippen molar-refractivity contribution in [2.24, 2.45) is 0 Å². The third kappa shape index (κ3) is 4.80. The Morgan fingerprint density at radius 1 is 1.22 bits per heavy atom. The number of carbonyl (C=O) groups excluding carboxylic acids is 1. The van der Waals surface area contributed by atoms with E-state index in [0.717, 1.165) is 0 Å². The van der Waals surface area contributed by atoms with Gasteiger partial charge in [0, 0.05) is 6.04 Å². The Bertz CT molecular complexity index is 923. The van der Waals surface area contributed by atoms with Crippen LogP contribution in [0.3, 0.4) is 0 Å². The summed E-state index contributed by atoms with van der Waals surface area (Å²) in [6.07, 6.45) is 0.